The lowest BCUT2D eigenvalue weighted by Gasteiger charge is -2.07. The Morgan fingerprint density at radius 3 is 2.86 bits per heavy atom. The summed E-state index contributed by atoms with van der Waals surface area (Å²) in [5.74, 6) is 0.0557. The summed E-state index contributed by atoms with van der Waals surface area (Å²) < 4.78 is 1.50. The number of nitrogens with zero attached hydrogens (tertiary/aromatic N) is 2. The number of hydrogen-bond donors (Lipinski definition) is 3. The zero-order valence-electron chi connectivity index (χ0n) is 11.5. The van der Waals surface area contributed by atoms with E-state index in [4.69, 9.17) is 0 Å². The van der Waals surface area contributed by atoms with Crippen LogP contribution in [0.4, 0.5) is 0 Å². The molecule has 108 valence electrons. The molecule has 21 heavy (non-hydrogen) atoms. The molecule has 2 aromatic heterocycles. The van der Waals surface area contributed by atoms with E-state index in [-0.39, 0.29) is 24.6 Å². The summed E-state index contributed by atoms with van der Waals surface area (Å²) in [7, 11) is 0. The molecule has 0 radical (unpaired) electrons. The number of H-pyrrole nitrogens is 1. The first kappa shape index (κ1) is 13.4. The summed E-state index contributed by atoms with van der Waals surface area (Å²) in [4.78, 5) is 19.1. The van der Waals surface area contributed by atoms with Crippen molar-refractivity contribution < 1.29 is 10.2 Å². The van der Waals surface area contributed by atoms with Crippen LogP contribution in [0.2, 0.25) is 0 Å². The second kappa shape index (κ2) is 5.06. The molecule has 0 spiro atoms. The van der Waals surface area contributed by atoms with Crippen LogP contribution in [-0.2, 0) is 13.2 Å². The van der Waals surface area contributed by atoms with Crippen LogP contribution < -0.4 is 5.69 Å². The highest BCUT2D eigenvalue weighted by Gasteiger charge is 2.11. The van der Waals surface area contributed by atoms with E-state index in [0.29, 0.717) is 16.7 Å². The van der Waals surface area contributed by atoms with Crippen molar-refractivity contribution in [3.05, 3.63) is 57.8 Å². The van der Waals surface area contributed by atoms with Crippen molar-refractivity contribution in [3.63, 3.8) is 0 Å². The fourth-order valence-electron chi connectivity index (χ4n) is 2.32. The summed E-state index contributed by atoms with van der Waals surface area (Å²) in [6.07, 6.45) is 0. The predicted molar refractivity (Wildman–Crippen MR) is 78.2 cm³/mol. The van der Waals surface area contributed by atoms with E-state index in [2.05, 4.69) is 9.97 Å². The molecule has 2 heterocycles. The predicted octanol–water partition coefficient (Wildman–Crippen LogP) is 1.28. The lowest BCUT2D eigenvalue weighted by molar-refractivity contribution is 0.282. The third-order valence-electron chi connectivity index (χ3n) is 3.42. The molecular weight excluding hydrogens is 270 g/mol. The molecule has 0 amide bonds. The van der Waals surface area contributed by atoms with Crippen LogP contribution in [0, 0.1) is 6.92 Å². The SMILES string of the molecule is Cc1ccc(O)c(Cn2c(=O)[nH]c3ccc(CO)cc32)n1. The van der Waals surface area contributed by atoms with Gasteiger partial charge in [0.05, 0.1) is 24.2 Å². The first-order valence-electron chi connectivity index (χ1n) is 6.56. The van der Waals surface area contributed by atoms with Crippen LogP contribution in [0.25, 0.3) is 11.0 Å². The second-order valence-corrected chi connectivity index (χ2v) is 4.94. The van der Waals surface area contributed by atoms with E-state index in [1.54, 1.807) is 30.3 Å². The number of aliphatic hydroxyl groups excluding tert-OH is 1. The molecule has 0 aliphatic rings. The zero-order chi connectivity index (χ0) is 15.0. The number of nitrogens with one attached hydrogen (secondary N) is 1. The number of pyridine rings is 1. The molecule has 3 N–H and O–H groups in total. The molecule has 0 aliphatic heterocycles. The number of aromatic amines is 1. The summed E-state index contributed by atoms with van der Waals surface area (Å²) in [5.41, 5.74) is 3.01. The van der Waals surface area contributed by atoms with Crippen molar-refractivity contribution >= 4 is 11.0 Å². The number of benzene rings is 1. The van der Waals surface area contributed by atoms with Crippen LogP contribution in [0.15, 0.2) is 35.1 Å². The number of aromatic hydroxyl groups is 1. The lowest BCUT2D eigenvalue weighted by atomic mass is 10.2. The molecule has 0 fully saturated rings. The number of aryl methyl sites for hydroxylation is 1. The van der Waals surface area contributed by atoms with Gasteiger partial charge in [-0.1, -0.05) is 6.07 Å². The molecular formula is C15H15N3O3. The maximum absolute atomic E-state index is 12.1. The molecule has 0 saturated carbocycles. The molecule has 0 bridgehead atoms. The minimum Gasteiger partial charge on any atom is -0.506 e. The van der Waals surface area contributed by atoms with Crippen molar-refractivity contribution in [3.8, 4) is 5.75 Å². The average Bonchev–Trinajstić information content (AvgIpc) is 2.78. The molecule has 0 unspecified atom stereocenters. The van der Waals surface area contributed by atoms with Crippen LogP contribution in [0.5, 0.6) is 5.75 Å². The highest BCUT2D eigenvalue weighted by atomic mass is 16.3. The molecule has 3 rings (SSSR count). The van der Waals surface area contributed by atoms with Crippen LogP contribution in [0.3, 0.4) is 0 Å². The van der Waals surface area contributed by atoms with E-state index in [9.17, 15) is 15.0 Å². The smallest absolute Gasteiger partial charge is 0.326 e. The Bertz CT molecular complexity index is 864. The maximum Gasteiger partial charge on any atom is 0.326 e. The van der Waals surface area contributed by atoms with Gasteiger partial charge in [-0.05, 0) is 36.8 Å². The largest absolute Gasteiger partial charge is 0.506 e. The molecule has 3 aromatic rings. The van der Waals surface area contributed by atoms with Gasteiger partial charge in [0.1, 0.15) is 11.4 Å². The fourth-order valence-corrected chi connectivity index (χ4v) is 2.32. The maximum atomic E-state index is 12.1. The van der Waals surface area contributed by atoms with Gasteiger partial charge in [-0.3, -0.25) is 9.55 Å². The van der Waals surface area contributed by atoms with E-state index >= 15 is 0 Å². The van der Waals surface area contributed by atoms with Crippen molar-refractivity contribution in [1.82, 2.24) is 14.5 Å². The molecule has 0 aliphatic carbocycles. The third-order valence-corrected chi connectivity index (χ3v) is 3.42. The average molecular weight is 285 g/mol. The third kappa shape index (κ3) is 2.41. The number of rotatable bonds is 3. The number of imidazole rings is 1. The first-order valence-corrected chi connectivity index (χ1v) is 6.56. The summed E-state index contributed by atoms with van der Waals surface area (Å²) in [6.45, 7) is 1.90. The van der Waals surface area contributed by atoms with E-state index in [0.717, 1.165) is 11.3 Å². The summed E-state index contributed by atoms with van der Waals surface area (Å²) in [5, 5.41) is 19.1. The van der Waals surface area contributed by atoms with Gasteiger partial charge < -0.3 is 15.2 Å². The minimum absolute atomic E-state index is 0.0557. The van der Waals surface area contributed by atoms with Gasteiger partial charge in [0.2, 0.25) is 0 Å². The van der Waals surface area contributed by atoms with Gasteiger partial charge in [-0.2, -0.15) is 0 Å². The summed E-state index contributed by atoms with van der Waals surface area (Å²) >= 11 is 0. The van der Waals surface area contributed by atoms with Gasteiger partial charge >= 0.3 is 5.69 Å². The summed E-state index contributed by atoms with van der Waals surface area (Å²) in [6, 6.07) is 8.53. The molecule has 6 nitrogen and oxygen atoms in total. The molecule has 1 aromatic carbocycles. The lowest BCUT2D eigenvalue weighted by Crippen LogP contribution is -2.18. The Balaban J connectivity index is 2.13. The normalized spacial score (nSPS) is 11.1. The van der Waals surface area contributed by atoms with E-state index in [1.807, 2.05) is 6.92 Å². The highest BCUT2D eigenvalue weighted by molar-refractivity contribution is 5.76. The van der Waals surface area contributed by atoms with E-state index < -0.39 is 0 Å². The Hall–Kier alpha value is -2.60. The van der Waals surface area contributed by atoms with E-state index in [1.165, 1.54) is 4.57 Å². The quantitative estimate of drug-likeness (QED) is 0.676. The van der Waals surface area contributed by atoms with Crippen LogP contribution in [0.1, 0.15) is 17.0 Å². The number of hydrogen-bond acceptors (Lipinski definition) is 4. The van der Waals surface area contributed by atoms with Crippen molar-refractivity contribution in [2.45, 2.75) is 20.1 Å². The topological polar surface area (TPSA) is 91.1 Å². The Morgan fingerprint density at radius 1 is 1.29 bits per heavy atom. The van der Waals surface area contributed by atoms with Gasteiger partial charge in [-0.25, -0.2) is 4.79 Å². The monoisotopic (exact) mass is 285 g/mol. The van der Waals surface area contributed by atoms with Crippen molar-refractivity contribution in [2.24, 2.45) is 0 Å². The fraction of sp³-hybridized carbons (Fsp3) is 0.200. The van der Waals surface area contributed by atoms with Gasteiger partial charge in [0.15, 0.2) is 0 Å². The Morgan fingerprint density at radius 2 is 2.10 bits per heavy atom. The van der Waals surface area contributed by atoms with Crippen LogP contribution in [-0.4, -0.2) is 24.7 Å². The van der Waals surface area contributed by atoms with Crippen molar-refractivity contribution in [1.29, 1.82) is 0 Å². The minimum atomic E-state index is -0.275. The molecule has 6 heteroatoms. The zero-order valence-corrected chi connectivity index (χ0v) is 11.5. The second-order valence-electron chi connectivity index (χ2n) is 4.94. The standard InChI is InChI=1S/C15H15N3O3/c1-9-2-5-14(20)12(16-9)7-18-13-6-10(8-19)3-4-11(13)17-15(18)21/h2-6,19-20H,7-8H2,1H3,(H,17,21). The number of aliphatic hydroxyl groups is 1. The van der Waals surface area contributed by atoms with Crippen LogP contribution >= 0.6 is 0 Å². The number of aromatic nitrogens is 3. The number of fused-ring (bicyclic) bond motifs is 1. The Labute approximate surface area is 120 Å². The Kier molecular flexibility index (Phi) is 3.23. The highest BCUT2D eigenvalue weighted by Crippen LogP contribution is 2.18. The van der Waals surface area contributed by atoms with Gasteiger partial charge in [0, 0.05) is 5.69 Å². The molecule has 0 atom stereocenters. The van der Waals surface area contributed by atoms with Gasteiger partial charge in [-0.15, -0.1) is 0 Å². The molecule has 0 saturated heterocycles. The van der Waals surface area contributed by atoms with Gasteiger partial charge in [0.25, 0.3) is 0 Å². The van der Waals surface area contributed by atoms with Crippen molar-refractivity contribution in [2.75, 3.05) is 0 Å². The first-order chi connectivity index (χ1) is 10.1.